The summed E-state index contributed by atoms with van der Waals surface area (Å²) in [6.45, 7) is 0.690. The van der Waals surface area contributed by atoms with Gasteiger partial charge in [-0.25, -0.2) is 4.98 Å². The molecule has 0 atom stereocenters. The van der Waals surface area contributed by atoms with Crippen LogP contribution in [0.15, 0.2) is 24.3 Å². The monoisotopic (exact) mass is 391 g/mol. The molecule has 1 aromatic carbocycles. The van der Waals surface area contributed by atoms with Gasteiger partial charge >= 0.3 is 0 Å². The van der Waals surface area contributed by atoms with Crippen LogP contribution in [0.5, 0.6) is 0 Å². The summed E-state index contributed by atoms with van der Waals surface area (Å²) < 4.78 is 1.89. The molecule has 0 saturated heterocycles. The molecule has 1 saturated carbocycles. The van der Waals surface area contributed by atoms with Gasteiger partial charge in [0, 0.05) is 18.3 Å². The largest absolute Gasteiger partial charge is 0.348 e. The van der Waals surface area contributed by atoms with Crippen LogP contribution >= 0.6 is 0 Å². The maximum atomic E-state index is 12.9. The highest BCUT2D eigenvalue weighted by Crippen LogP contribution is 2.23. The molecular formula is C22H25N5O2. The van der Waals surface area contributed by atoms with Gasteiger partial charge in [0.25, 0.3) is 11.8 Å². The first-order valence-corrected chi connectivity index (χ1v) is 10.4. The van der Waals surface area contributed by atoms with E-state index in [1.807, 2.05) is 4.57 Å². The van der Waals surface area contributed by atoms with Crippen LogP contribution < -0.4 is 10.6 Å². The summed E-state index contributed by atoms with van der Waals surface area (Å²) in [5, 5.41) is 14.9. The highest BCUT2D eigenvalue weighted by atomic mass is 16.2. The Kier molecular flexibility index (Phi) is 5.61. The number of hydrogen-bond acceptors (Lipinski definition) is 4. The van der Waals surface area contributed by atoms with Crippen molar-refractivity contribution in [2.24, 2.45) is 0 Å². The molecule has 4 rings (SSSR count). The first kappa shape index (κ1) is 19.2. The van der Waals surface area contributed by atoms with Crippen molar-refractivity contribution in [1.29, 1.82) is 5.26 Å². The number of fused-ring (bicyclic) bond motifs is 1. The normalized spacial score (nSPS) is 16.5. The molecule has 1 aliphatic carbocycles. The lowest BCUT2D eigenvalue weighted by molar-refractivity contribution is 0.0921. The molecule has 2 amide bonds. The Balaban J connectivity index is 1.55. The minimum atomic E-state index is -0.338. The number of aromatic nitrogens is 2. The van der Waals surface area contributed by atoms with Crippen molar-refractivity contribution in [3.8, 4) is 6.07 Å². The Morgan fingerprint density at radius 3 is 2.52 bits per heavy atom. The van der Waals surface area contributed by atoms with Gasteiger partial charge in [0.1, 0.15) is 5.69 Å². The second-order valence-electron chi connectivity index (χ2n) is 7.79. The van der Waals surface area contributed by atoms with Crippen molar-refractivity contribution in [1.82, 2.24) is 14.9 Å². The Hall–Kier alpha value is -3.14. The van der Waals surface area contributed by atoms with E-state index in [2.05, 4.69) is 21.7 Å². The first-order valence-electron chi connectivity index (χ1n) is 10.4. The number of carbonyl (C=O) groups is 2. The van der Waals surface area contributed by atoms with E-state index < -0.39 is 0 Å². The lowest BCUT2D eigenvalue weighted by Gasteiger charge is -2.23. The summed E-state index contributed by atoms with van der Waals surface area (Å²) in [5.41, 5.74) is 2.37. The number of amides is 2. The van der Waals surface area contributed by atoms with Crippen LogP contribution in [0.4, 0.5) is 5.69 Å². The Morgan fingerprint density at radius 1 is 1.03 bits per heavy atom. The third-order valence-corrected chi connectivity index (χ3v) is 5.75. The van der Waals surface area contributed by atoms with Crippen LogP contribution in [0, 0.1) is 11.3 Å². The van der Waals surface area contributed by atoms with E-state index in [1.165, 1.54) is 6.42 Å². The predicted molar refractivity (Wildman–Crippen MR) is 109 cm³/mol. The summed E-state index contributed by atoms with van der Waals surface area (Å²) in [5.74, 6) is -0.229. The molecule has 2 N–H and O–H groups in total. The zero-order valence-corrected chi connectivity index (χ0v) is 16.4. The van der Waals surface area contributed by atoms with Crippen molar-refractivity contribution in [3.63, 3.8) is 0 Å². The standard InChI is InChI=1S/C22H25N5O2/c23-14-15-9-11-17(12-10-15)25-22(29)20-26-19(18-8-4-5-13-27(18)20)21(28)24-16-6-2-1-3-7-16/h9-12,16H,1-8,13H2,(H,24,28)(H,25,29). The third-order valence-electron chi connectivity index (χ3n) is 5.75. The van der Waals surface area contributed by atoms with Crippen molar-refractivity contribution in [3.05, 3.63) is 47.0 Å². The van der Waals surface area contributed by atoms with Crippen LogP contribution in [-0.2, 0) is 13.0 Å². The fourth-order valence-corrected chi connectivity index (χ4v) is 4.21. The molecule has 29 heavy (non-hydrogen) atoms. The fourth-order valence-electron chi connectivity index (χ4n) is 4.21. The number of anilines is 1. The molecule has 150 valence electrons. The summed E-state index contributed by atoms with van der Waals surface area (Å²) in [6, 6.07) is 8.94. The molecule has 1 aliphatic heterocycles. The van der Waals surface area contributed by atoms with Crippen LogP contribution in [0.25, 0.3) is 0 Å². The zero-order valence-electron chi connectivity index (χ0n) is 16.4. The smallest absolute Gasteiger partial charge is 0.291 e. The molecule has 0 radical (unpaired) electrons. The lowest BCUT2D eigenvalue weighted by atomic mass is 9.95. The topological polar surface area (TPSA) is 99.8 Å². The van der Waals surface area contributed by atoms with Crippen molar-refractivity contribution < 1.29 is 9.59 Å². The summed E-state index contributed by atoms with van der Waals surface area (Å²) in [6.07, 6.45) is 8.24. The number of imidazole rings is 1. The van der Waals surface area contributed by atoms with Gasteiger partial charge < -0.3 is 15.2 Å². The quantitative estimate of drug-likeness (QED) is 0.834. The van der Waals surface area contributed by atoms with E-state index in [4.69, 9.17) is 5.26 Å². The van der Waals surface area contributed by atoms with Gasteiger partial charge in [0.05, 0.1) is 17.3 Å². The maximum absolute atomic E-state index is 12.9. The molecule has 2 aromatic rings. The second kappa shape index (κ2) is 8.48. The number of hydrogen-bond donors (Lipinski definition) is 2. The summed E-state index contributed by atoms with van der Waals surface area (Å²) >= 11 is 0. The van der Waals surface area contributed by atoms with Crippen LogP contribution in [-0.4, -0.2) is 27.4 Å². The molecule has 7 nitrogen and oxygen atoms in total. The Morgan fingerprint density at radius 2 is 1.79 bits per heavy atom. The average molecular weight is 391 g/mol. The number of rotatable bonds is 4. The minimum absolute atomic E-state index is 0.167. The highest BCUT2D eigenvalue weighted by molar-refractivity contribution is 6.03. The SMILES string of the molecule is N#Cc1ccc(NC(=O)c2nc(C(=O)NC3CCCCC3)c3n2CCCC3)cc1. The first-order chi connectivity index (χ1) is 14.2. The second-order valence-corrected chi connectivity index (χ2v) is 7.79. The average Bonchev–Trinajstić information content (AvgIpc) is 3.15. The third kappa shape index (κ3) is 4.16. The van der Waals surface area contributed by atoms with Gasteiger partial charge in [-0.05, 0) is 56.4 Å². The van der Waals surface area contributed by atoms with Gasteiger partial charge in [-0.3, -0.25) is 9.59 Å². The van der Waals surface area contributed by atoms with Gasteiger partial charge in [-0.15, -0.1) is 0 Å². The van der Waals surface area contributed by atoms with E-state index in [1.54, 1.807) is 24.3 Å². The molecule has 0 unspecified atom stereocenters. The number of nitriles is 1. The molecule has 2 aliphatic rings. The van der Waals surface area contributed by atoms with E-state index in [0.29, 0.717) is 23.5 Å². The summed E-state index contributed by atoms with van der Waals surface area (Å²) in [7, 11) is 0. The number of nitrogens with zero attached hydrogens (tertiary/aromatic N) is 3. The van der Waals surface area contributed by atoms with Crippen molar-refractivity contribution >= 4 is 17.5 Å². The molecule has 1 aromatic heterocycles. The van der Waals surface area contributed by atoms with Gasteiger partial charge in [0.2, 0.25) is 0 Å². The molecular weight excluding hydrogens is 366 g/mol. The lowest BCUT2D eigenvalue weighted by Crippen LogP contribution is -2.37. The fraction of sp³-hybridized carbons (Fsp3) is 0.455. The predicted octanol–water partition coefficient (Wildman–Crippen LogP) is 3.41. The molecule has 0 spiro atoms. The maximum Gasteiger partial charge on any atom is 0.291 e. The van der Waals surface area contributed by atoms with E-state index in [-0.39, 0.29) is 23.7 Å². The number of nitrogens with one attached hydrogen (secondary N) is 2. The van der Waals surface area contributed by atoms with Gasteiger partial charge in [0.15, 0.2) is 5.82 Å². The van der Waals surface area contributed by atoms with Crippen LogP contribution in [0.2, 0.25) is 0 Å². The van der Waals surface area contributed by atoms with E-state index in [0.717, 1.165) is 50.6 Å². The number of carbonyl (C=O) groups excluding carboxylic acids is 2. The molecule has 7 heteroatoms. The Labute approximate surface area is 170 Å². The van der Waals surface area contributed by atoms with E-state index >= 15 is 0 Å². The van der Waals surface area contributed by atoms with Crippen molar-refractivity contribution in [2.45, 2.75) is 64.0 Å². The minimum Gasteiger partial charge on any atom is -0.348 e. The zero-order chi connectivity index (χ0) is 20.2. The highest BCUT2D eigenvalue weighted by Gasteiger charge is 2.28. The number of benzene rings is 1. The molecule has 2 heterocycles. The van der Waals surface area contributed by atoms with Crippen molar-refractivity contribution in [2.75, 3.05) is 5.32 Å². The molecule has 1 fully saturated rings. The van der Waals surface area contributed by atoms with Gasteiger partial charge in [-0.2, -0.15) is 5.26 Å². The van der Waals surface area contributed by atoms with Gasteiger partial charge in [-0.1, -0.05) is 19.3 Å². The molecule has 0 bridgehead atoms. The van der Waals surface area contributed by atoms with Crippen LogP contribution in [0.1, 0.15) is 77.3 Å². The van der Waals surface area contributed by atoms with Crippen LogP contribution in [0.3, 0.4) is 0 Å². The Bertz CT molecular complexity index is 949. The van der Waals surface area contributed by atoms with E-state index in [9.17, 15) is 9.59 Å². The summed E-state index contributed by atoms with van der Waals surface area (Å²) in [4.78, 5) is 30.2.